The quantitative estimate of drug-likeness (QED) is 0.266. The number of allylic oxidation sites excluding steroid dienone is 4. The third-order valence-electron chi connectivity index (χ3n) is 7.10. The third-order valence-corrected chi connectivity index (χ3v) is 7.10. The summed E-state index contributed by atoms with van der Waals surface area (Å²) in [6, 6.07) is 9.38. The van der Waals surface area contributed by atoms with Gasteiger partial charge >= 0.3 is 0 Å². The normalized spacial score (nSPS) is 15.8. The number of rotatable bonds is 11. The summed E-state index contributed by atoms with van der Waals surface area (Å²) in [6.45, 7) is 4.60. The van der Waals surface area contributed by atoms with E-state index < -0.39 is 0 Å². The number of piperazine rings is 1. The van der Waals surface area contributed by atoms with Gasteiger partial charge in [-0.1, -0.05) is 0 Å². The zero-order chi connectivity index (χ0) is 28.8. The molecule has 0 unspecified atom stereocenters. The number of β-amino-alcohol motifs (C(OH)–C–C–N with tert-alkyl or cyclic N) is 1. The minimum absolute atomic E-state index is 0.118. The van der Waals surface area contributed by atoms with E-state index in [0.717, 1.165) is 37.3 Å². The second kappa shape index (κ2) is 12.9. The molecule has 0 spiro atoms. The molecule has 3 aromatic rings. The molecular weight excluding hydrogens is 526 g/mol. The molecule has 0 atom stereocenters. The number of nitrogens with zero attached hydrogens (tertiary/aromatic N) is 4. The Bertz CT molecular complexity index is 1500. The lowest BCUT2D eigenvalue weighted by Crippen LogP contribution is -2.47. The molecule has 0 bridgehead atoms. The molecule has 0 amide bonds. The van der Waals surface area contributed by atoms with Crippen LogP contribution in [0.15, 0.2) is 54.9 Å². The van der Waals surface area contributed by atoms with Crippen LogP contribution in [0.3, 0.4) is 0 Å². The lowest BCUT2D eigenvalue weighted by molar-refractivity contribution is -0.113. The number of aliphatic hydroxyl groups excluding tert-OH is 1. The topological polar surface area (TPSA) is 126 Å². The zero-order valence-electron chi connectivity index (χ0n) is 23.1. The highest BCUT2D eigenvalue weighted by Crippen LogP contribution is 2.37. The van der Waals surface area contributed by atoms with Crippen LogP contribution in [-0.2, 0) is 14.3 Å². The first kappa shape index (κ1) is 28.2. The Morgan fingerprint density at radius 3 is 2.56 bits per heavy atom. The minimum Gasteiger partial charge on any atom is -0.493 e. The van der Waals surface area contributed by atoms with E-state index in [-0.39, 0.29) is 18.2 Å². The number of methoxy groups -OCH3 is 2. The van der Waals surface area contributed by atoms with Crippen LogP contribution in [0.1, 0.15) is 5.56 Å². The van der Waals surface area contributed by atoms with Gasteiger partial charge in [0.15, 0.2) is 23.1 Å². The molecule has 1 aliphatic heterocycles. The van der Waals surface area contributed by atoms with Crippen molar-refractivity contribution in [2.75, 3.05) is 77.0 Å². The highest BCUT2D eigenvalue weighted by atomic mass is 16.5. The first-order valence-corrected chi connectivity index (χ1v) is 13.4. The number of carbonyl (C=O) groups excluding carboxylic acids is 2. The fourth-order valence-electron chi connectivity index (χ4n) is 4.99. The summed E-state index contributed by atoms with van der Waals surface area (Å²) >= 11 is 0. The van der Waals surface area contributed by atoms with Gasteiger partial charge in [0.2, 0.25) is 0 Å². The molecule has 2 aromatic carbocycles. The molecule has 0 saturated carbocycles. The van der Waals surface area contributed by atoms with Gasteiger partial charge in [0, 0.05) is 73.8 Å². The van der Waals surface area contributed by atoms with Crippen LogP contribution < -0.4 is 19.7 Å². The van der Waals surface area contributed by atoms with Crippen molar-refractivity contribution < 1.29 is 28.9 Å². The SMILES string of the molecule is COCCOc1cc2ncnc(Nc3ccc(N4CCN(CCO)CC4)c(C4=CC(=O)C=CC4=O)c3)c2cc1OC. The average molecular weight is 560 g/mol. The predicted octanol–water partition coefficient (Wildman–Crippen LogP) is 2.61. The smallest absolute Gasteiger partial charge is 0.186 e. The average Bonchev–Trinajstić information content (AvgIpc) is 2.99. The van der Waals surface area contributed by atoms with E-state index in [9.17, 15) is 14.7 Å². The summed E-state index contributed by atoms with van der Waals surface area (Å²) in [4.78, 5) is 38.5. The standard InChI is InChI=1S/C30H33N5O6/c1-39-13-14-41-29-18-25-24(17-28(29)40-2)30(32-19-31-25)33-20-3-5-26(35-9-7-34(8-10-35)11-12-36)22(15-20)23-16-21(37)4-6-27(23)38/h3-6,15-19,36H,7-14H2,1-2H3,(H,31,32,33). The molecule has 2 N–H and O–H groups in total. The molecule has 1 aliphatic carbocycles. The summed E-state index contributed by atoms with van der Waals surface area (Å²) in [6.07, 6.45) is 5.46. The molecule has 1 fully saturated rings. The number of hydrogen-bond donors (Lipinski definition) is 2. The monoisotopic (exact) mass is 559 g/mol. The van der Waals surface area contributed by atoms with Gasteiger partial charge < -0.3 is 29.5 Å². The van der Waals surface area contributed by atoms with Crippen LogP contribution in [-0.4, -0.2) is 98.3 Å². The van der Waals surface area contributed by atoms with E-state index in [1.807, 2.05) is 24.3 Å². The van der Waals surface area contributed by atoms with Crippen LogP contribution in [0.4, 0.5) is 17.2 Å². The van der Waals surface area contributed by atoms with Crippen LogP contribution >= 0.6 is 0 Å². The van der Waals surface area contributed by atoms with Gasteiger partial charge in [0.05, 0.1) is 25.8 Å². The van der Waals surface area contributed by atoms with Crippen LogP contribution in [0.2, 0.25) is 0 Å². The number of ether oxygens (including phenoxy) is 3. The summed E-state index contributed by atoms with van der Waals surface area (Å²) in [5.41, 5.74) is 3.24. The first-order valence-electron chi connectivity index (χ1n) is 13.4. The Balaban J connectivity index is 1.49. The molecule has 11 nitrogen and oxygen atoms in total. The number of hydrogen-bond acceptors (Lipinski definition) is 11. The van der Waals surface area contributed by atoms with Crippen molar-refractivity contribution in [1.29, 1.82) is 0 Å². The van der Waals surface area contributed by atoms with Gasteiger partial charge in [-0.25, -0.2) is 9.97 Å². The van der Waals surface area contributed by atoms with E-state index >= 15 is 0 Å². The van der Waals surface area contributed by atoms with Crippen molar-refractivity contribution in [1.82, 2.24) is 14.9 Å². The number of carbonyl (C=O) groups is 2. The predicted molar refractivity (Wildman–Crippen MR) is 156 cm³/mol. The first-order chi connectivity index (χ1) is 20.0. The fraction of sp³-hybridized carbons (Fsp3) is 0.333. The summed E-state index contributed by atoms with van der Waals surface area (Å²) in [5.74, 6) is 1.18. The molecule has 2 aliphatic rings. The fourth-order valence-corrected chi connectivity index (χ4v) is 4.99. The number of aromatic nitrogens is 2. The molecule has 1 saturated heterocycles. The second-order valence-electron chi connectivity index (χ2n) is 9.65. The van der Waals surface area contributed by atoms with Crippen LogP contribution in [0, 0.1) is 0 Å². The van der Waals surface area contributed by atoms with Gasteiger partial charge in [0.25, 0.3) is 0 Å². The van der Waals surface area contributed by atoms with E-state index in [1.54, 1.807) is 20.3 Å². The van der Waals surface area contributed by atoms with E-state index in [4.69, 9.17) is 14.2 Å². The Kier molecular flexibility index (Phi) is 8.88. The summed E-state index contributed by atoms with van der Waals surface area (Å²) in [5, 5.41) is 13.4. The lowest BCUT2D eigenvalue weighted by Gasteiger charge is -2.37. The third kappa shape index (κ3) is 6.37. The number of ketones is 2. The molecule has 1 aromatic heterocycles. The van der Waals surface area contributed by atoms with Crippen molar-refractivity contribution in [2.24, 2.45) is 0 Å². The Hall–Kier alpha value is -4.32. The highest BCUT2D eigenvalue weighted by Gasteiger charge is 2.24. The van der Waals surface area contributed by atoms with Gasteiger partial charge in [-0.05, 0) is 42.5 Å². The molecule has 5 rings (SSSR count). The summed E-state index contributed by atoms with van der Waals surface area (Å²) in [7, 11) is 3.18. The van der Waals surface area contributed by atoms with Crippen molar-refractivity contribution in [3.63, 3.8) is 0 Å². The van der Waals surface area contributed by atoms with Crippen molar-refractivity contribution >= 4 is 45.2 Å². The Morgan fingerprint density at radius 1 is 0.976 bits per heavy atom. The van der Waals surface area contributed by atoms with Crippen molar-refractivity contribution in [3.05, 3.63) is 60.5 Å². The zero-order valence-corrected chi connectivity index (χ0v) is 23.1. The van der Waals surface area contributed by atoms with Gasteiger partial charge in [-0.3, -0.25) is 14.5 Å². The molecular formula is C30H33N5O6. The Morgan fingerprint density at radius 2 is 1.80 bits per heavy atom. The highest BCUT2D eigenvalue weighted by molar-refractivity contribution is 6.34. The summed E-state index contributed by atoms with van der Waals surface area (Å²) < 4.78 is 16.4. The van der Waals surface area contributed by atoms with E-state index in [1.165, 1.54) is 24.6 Å². The maximum Gasteiger partial charge on any atom is 0.186 e. The number of anilines is 3. The van der Waals surface area contributed by atoms with E-state index in [2.05, 4.69) is 25.1 Å². The molecule has 11 heteroatoms. The van der Waals surface area contributed by atoms with Gasteiger partial charge in [0.1, 0.15) is 18.8 Å². The maximum atomic E-state index is 12.9. The molecule has 2 heterocycles. The van der Waals surface area contributed by atoms with E-state index in [0.29, 0.717) is 59.4 Å². The largest absolute Gasteiger partial charge is 0.493 e. The minimum atomic E-state index is -0.228. The molecule has 0 radical (unpaired) electrons. The number of aliphatic hydroxyl groups is 1. The lowest BCUT2D eigenvalue weighted by atomic mass is 9.93. The van der Waals surface area contributed by atoms with Crippen LogP contribution in [0.25, 0.3) is 16.5 Å². The Labute approximate surface area is 238 Å². The number of benzene rings is 2. The molecule has 41 heavy (non-hydrogen) atoms. The van der Waals surface area contributed by atoms with Gasteiger partial charge in [-0.15, -0.1) is 0 Å². The van der Waals surface area contributed by atoms with Gasteiger partial charge in [-0.2, -0.15) is 0 Å². The van der Waals surface area contributed by atoms with Crippen molar-refractivity contribution in [2.45, 2.75) is 0 Å². The maximum absolute atomic E-state index is 12.9. The van der Waals surface area contributed by atoms with Crippen molar-refractivity contribution in [3.8, 4) is 11.5 Å². The van der Waals surface area contributed by atoms with Crippen LogP contribution in [0.5, 0.6) is 11.5 Å². The second-order valence-corrected chi connectivity index (χ2v) is 9.65. The molecule has 214 valence electrons. The number of fused-ring (bicyclic) bond motifs is 1. The number of nitrogens with one attached hydrogen (secondary N) is 1.